The summed E-state index contributed by atoms with van der Waals surface area (Å²) >= 11 is 0. The molecule has 0 fully saturated rings. The Labute approximate surface area is 144 Å². The molecule has 0 radical (unpaired) electrons. The van der Waals surface area contributed by atoms with Gasteiger partial charge in [-0.3, -0.25) is 9.59 Å². The molecule has 0 heterocycles. The lowest BCUT2D eigenvalue weighted by molar-refractivity contribution is -0.123. The van der Waals surface area contributed by atoms with E-state index in [0.717, 1.165) is 24.8 Å². The topological polar surface area (TPSA) is 79.5 Å². The SMILES string of the molecule is CNC(CCCCNC(=O)Cc1ccccc1)C(=O)NCCOC. The van der Waals surface area contributed by atoms with Gasteiger partial charge >= 0.3 is 0 Å². The summed E-state index contributed by atoms with van der Waals surface area (Å²) in [6.07, 6.45) is 2.87. The molecular formula is C18H29N3O3. The zero-order valence-electron chi connectivity index (χ0n) is 14.6. The lowest BCUT2D eigenvalue weighted by Crippen LogP contribution is -2.43. The van der Waals surface area contributed by atoms with E-state index in [0.29, 0.717) is 26.1 Å². The summed E-state index contributed by atoms with van der Waals surface area (Å²) in [4.78, 5) is 23.7. The zero-order valence-corrected chi connectivity index (χ0v) is 14.6. The first kappa shape index (κ1) is 20.1. The molecule has 24 heavy (non-hydrogen) atoms. The Morgan fingerprint density at radius 2 is 1.83 bits per heavy atom. The maximum Gasteiger partial charge on any atom is 0.237 e. The minimum atomic E-state index is -0.207. The van der Waals surface area contributed by atoms with Crippen LogP contribution in [0.25, 0.3) is 0 Å². The van der Waals surface area contributed by atoms with Crippen LogP contribution in [0.3, 0.4) is 0 Å². The Morgan fingerprint density at radius 1 is 1.08 bits per heavy atom. The van der Waals surface area contributed by atoms with E-state index in [-0.39, 0.29) is 17.9 Å². The number of hydrogen-bond acceptors (Lipinski definition) is 4. The first-order valence-corrected chi connectivity index (χ1v) is 8.42. The molecule has 0 aliphatic heterocycles. The van der Waals surface area contributed by atoms with Crippen LogP contribution in [0.4, 0.5) is 0 Å². The predicted molar refractivity (Wildman–Crippen MR) is 94.7 cm³/mol. The summed E-state index contributed by atoms with van der Waals surface area (Å²) in [5, 5.41) is 8.76. The van der Waals surface area contributed by atoms with Crippen molar-refractivity contribution in [2.24, 2.45) is 0 Å². The highest BCUT2D eigenvalue weighted by Crippen LogP contribution is 2.02. The lowest BCUT2D eigenvalue weighted by Gasteiger charge is -2.16. The summed E-state index contributed by atoms with van der Waals surface area (Å²) in [5.74, 6) is 0.0198. The van der Waals surface area contributed by atoms with Gasteiger partial charge in [-0.05, 0) is 31.9 Å². The molecule has 1 atom stereocenters. The summed E-state index contributed by atoms with van der Waals surface area (Å²) in [7, 11) is 3.38. The van der Waals surface area contributed by atoms with Gasteiger partial charge in [0, 0.05) is 20.2 Å². The van der Waals surface area contributed by atoms with Crippen LogP contribution in [0, 0.1) is 0 Å². The number of rotatable bonds is 12. The number of likely N-dealkylation sites (N-methyl/N-ethyl adjacent to an activating group) is 1. The fourth-order valence-corrected chi connectivity index (χ4v) is 2.35. The number of nitrogens with one attached hydrogen (secondary N) is 3. The summed E-state index contributed by atoms with van der Waals surface area (Å²) in [6, 6.07) is 9.47. The monoisotopic (exact) mass is 335 g/mol. The second kappa shape index (κ2) is 12.5. The van der Waals surface area contributed by atoms with Crippen LogP contribution >= 0.6 is 0 Å². The van der Waals surface area contributed by atoms with Crippen LogP contribution in [0.2, 0.25) is 0 Å². The van der Waals surface area contributed by atoms with E-state index in [4.69, 9.17) is 4.74 Å². The molecule has 0 spiro atoms. The zero-order chi connectivity index (χ0) is 17.6. The molecule has 2 amide bonds. The fraction of sp³-hybridized carbons (Fsp3) is 0.556. The van der Waals surface area contributed by atoms with Crippen LogP contribution in [-0.2, 0) is 20.7 Å². The molecule has 134 valence electrons. The Hall–Kier alpha value is -1.92. The van der Waals surface area contributed by atoms with Crippen molar-refractivity contribution in [1.82, 2.24) is 16.0 Å². The van der Waals surface area contributed by atoms with Crippen molar-refractivity contribution >= 4 is 11.8 Å². The molecule has 0 aliphatic rings. The van der Waals surface area contributed by atoms with Crippen molar-refractivity contribution in [3.05, 3.63) is 35.9 Å². The Kier molecular flexibility index (Phi) is 10.5. The van der Waals surface area contributed by atoms with Crippen LogP contribution in [0.5, 0.6) is 0 Å². The minimum absolute atomic E-state index is 0.0114. The first-order valence-electron chi connectivity index (χ1n) is 8.42. The van der Waals surface area contributed by atoms with E-state index >= 15 is 0 Å². The highest BCUT2D eigenvalue weighted by atomic mass is 16.5. The fourth-order valence-electron chi connectivity index (χ4n) is 2.35. The van der Waals surface area contributed by atoms with Crippen molar-refractivity contribution in [3.8, 4) is 0 Å². The standard InChI is InChI=1S/C18H29N3O3/c1-19-16(18(23)21-12-13-24-2)10-6-7-11-20-17(22)14-15-8-4-3-5-9-15/h3-5,8-9,16,19H,6-7,10-14H2,1-2H3,(H,20,22)(H,21,23). The maximum absolute atomic E-state index is 11.9. The van der Waals surface area contributed by atoms with Gasteiger partial charge in [0.05, 0.1) is 19.1 Å². The molecular weight excluding hydrogens is 306 g/mol. The lowest BCUT2D eigenvalue weighted by atomic mass is 10.1. The van der Waals surface area contributed by atoms with E-state index in [1.807, 2.05) is 30.3 Å². The third-order valence-electron chi connectivity index (χ3n) is 3.72. The molecule has 3 N–H and O–H groups in total. The summed E-state index contributed by atoms with van der Waals surface area (Å²) in [5.41, 5.74) is 1.01. The largest absolute Gasteiger partial charge is 0.383 e. The second-order valence-corrected chi connectivity index (χ2v) is 5.63. The van der Waals surface area contributed by atoms with Gasteiger partial charge in [-0.15, -0.1) is 0 Å². The molecule has 1 rings (SSSR count). The van der Waals surface area contributed by atoms with Gasteiger partial charge in [-0.1, -0.05) is 30.3 Å². The Bertz CT molecular complexity index is 480. The molecule has 0 aliphatic carbocycles. The van der Waals surface area contributed by atoms with Gasteiger partial charge in [0.15, 0.2) is 0 Å². The number of amides is 2. The molecule has 1 aromatic carbocycles. The van der Waals surface area contributed by atoms with Gasteiger partial charge in [0.2, 0.25) is 11.8 Å². The van der Waals surface area contributed by atoms with Crippen molar-refractivity contribution in [2.75, 3.05) is 33.9 Å². The van der Waals surface area contributed by atoms with Gasteiger partial charge in [0.25, 0.3) is 0 Å². The summed E-state index contributed by atoms with van der Waals surface area (Å²) < 4.78 is 4.91. The van der Waals surface area contributed by atoms with Gasteiger partial charge in [0.1, 0.15) is 0 Å². The van der Waals surface area contributed by atoms with Crippen molar-refractivity contribution < 1.29 is 14.3 Å². The Morgan fingerprint density at radius 3 is 2.50 bits per heavy atom. The third kappa shape index (κ3) is 8.64. The smallest absolute Gasteiger partial charge is 0.237 e. The third-order valence-corrected chi connectivity index (χ3v) is 3.72. The molecule has 6 heteroatoms. The number of carbonyl (C=O) groups is 2. The van der Waals surface area contributed by atoms with E-state index in [2.05, 4.69) is 16.0 Å². The van der Waals surface area contributed by atoms with E-state index in [9.17, 15) is 9.59 Å². The summed E-state index contributed by atoms with van der Waals surface area (Å²) in [6.45, 7) is 1.66. The molecule has 0 saturated heterocycles. The average Bonchev–Trinajstić information content (AvgIpc) is 2.59. The minimum Gasteiger partial charge on any atom is -0.383 e. The highest BCUT2D eigenvalue weighted by molar-refractivity contribution is 5.81. The number of hydrogen-bond donors (Lipinski definition) is 3. The first-order chi connectivity index (χ1) is 11.7. The van der Waals surface area contributed by atoms with Crippen molar-refractivity contribution in [3.63, 3.8) is 0 Å². The molecule has 0 bridgehead atoms. The number of carbonyl (C=O) groups excluding carboxylic acids is 2. The highest BCUT2D eigenvalue weighted by Gasteiger charge is 2.15. The van der Waals surface area contributed by atoms with Crippen LogP contribution < -0.4 is 16.0 Å². The van der Waals surface area contributed by atoms with Crippen LogP contribution in [0.1, 0.15) is 24.8 Å². The maximum atomic E-state index is 11.9. The molecule has 0 saturated carbocycles. The molecule has 1 unspecified atom stereocenters. The van der Waals surface area contributed by atoms with Gasteiger partial charge in [-0.2, -0.15) is 0 Å². The van der Waals surface area contributed by atoms with E-state index in [1.54, 1.807) is 14.2 Å². The van der Waals surface area contributed by atoms with Gasteiger partial charge in [-0.25, -0.2) is 0 Å². The quantitative estimate of drug-likeness (QED) is 0.495. The number of ether oxygens (including phenoxy) is 1. The molecule has 6 nitrogen and oxygen atoms in total. The van der Waals surface area contributed by atoms with E-state index in [1.165, 1.54) is 0 Å². The number of unbranched alkanes of at least 4 members (excludes halogenated alkanes) is 1. The van der Waals surface area contributed by atoms with Crippen LogP contribution in [0.15, 0.2) is 30.3 Å². The van der Waals surface area contributed by atoms with Crippen LogP contribution in [-0.4, -0.2) is 51.7 Å². The average molecular weight is 335 g/mol. The van der Waals surface area contributed by atoms with Gasteiger partial charge < -0.3 is 20.7 Å². The number of benzene rings is 1. The molecule has 1 aromatic rings. The Balaban J connectivity index is 2.13. The molecule has 0 aromatic heterocycles. The number of methoxy groups -OCH3 is 1. The van der Waals surface area contributed by atoms with E-state index < -0.39 is 0 Å². The normalized spacial score (nSPS) is 11.8. The van der Waals surface area contributed by atoms with Crippen molar-refractivity contribution in [2.45, 2.75) is 31.7 Å². The second-order valence-electron chi connectivity index (χ2n) is 5.63. The predicted octanol–water partition coefficient (Wildman–Crippen LogP) is 0.866. The van der Waals surface area contributed by atoms with Crippen molar-refractivity contribution in [1.29, 1.82) is 0 Å².